The molecule has 0 bridgehead atoms. The zero-order valence-electron chi connectivity index (χ0n) is 11.4. The Hall–Kier alpha value is -0.0800. The van der Waals surface area contributed by atoms with Crippen molar-refractivity contribution in [1.82, 2.24) is 4.90 Å². The largest absolute Gasteiger partial charge is 0.393 e. The van der Waals surface area contributed by atoms with Crippen LogP contribution in [0.25, 0.3) is 0 Å². The molecule has 1 aliphatic rings. The first-order valence-electron chi connectivity index (χ1n) is 6.90. The van der Waals surface area contributed by atoms with Crippen LogP contribution >= 0.6 is 0 Å². The number of hydrogen-bond donors (Lipinski definition) is 1. The maximum Gasteiger partial charge on any atom is 0.0580 e. The predicted octanol–water partition coefficient (Wildman–Crippen LogP) is 2.90. The van der Waals surface area contributed by atoms with E-state index in [1.54, 1.807) is 0 Å². The molecule has 2 heteroatoms. The zero-order chi connectivity index (χ0) is 12.1. The van der Waals surface area contributed by atoms with E-state index in [1.165, 1.54) is 25.7 Å². The van der Waals surface area contributed by atoms with Crippen molar-refractivity contribution in [2.45, 2.75) is 65.0 Å². The molecule has 3 unspecified atom stereocenters. The van der Waals surface area contributed by atoms with Crippen LogP contribution < -0.4 is 0 Å². The van der Waals surface area contributed by atoms with E-state index < -0.39 is 0 Å². The minimum atomic E-state index is -0.0655. The summed E-state index contributed by atoms with van der Waals surface area (Å²) in [7, 11) is 2.20. The molecule has 0 saturated heterocycles. The van der Waals surface area contributed by atoms with Crippen molar-refractivity contribution in [3.8, 4) is 0 Å². The third-order valence-electron chi connectivity index (χ3n) is 4.30. The van der Waals surface area contributed by atoms with Crippen LogP contribution in [0.1, 0.15) is 52.9 Å². The first-order chi connectivity index (χ1) is 7.52. The lowest BCUT2D eigenvalue weighted by atomic mass is 9.95. The van der Waals surface area contributed by atoms with Crippen LogP contribution in [-0.2, 0) is 0 Å². The molecule has 0 aromatic rings. The standard InChI is InChI=1S/C14H29NO/c1-11(2)12(3)15(4)10-13-8-6-5-7-9-14(13)16/h11-14,16H,5-10H2,1-4H3. The molecule has 1 saturated carbocycles. The summed E-state index contributed by atoms with van der Waals surface area (Å²) in [5.74, 6) is 1.18. The molecule has 3 atom stereocenters. The van der Waals surface area contributed by atoms with Crippen LogP contribution in [0.3, 0.4) is 0 Å². The molecule has 0 amide bonds. The second-order valence-corrected chi connectivity index (χ2v) is 5.89. The lowest BCUT2D eigenvalue weighted by Crippen LogP contribution is -2.39. The Morgan fingerprint density at radius 3 is 2.38 bits per heavy atom. The smallest absolute Gasteiger partial charge is 0.0580 e. The fourth-order valence-corrected chi connectivity index (χ4v) is 2.62. The van der Waals surface area contributed by atoms with Crippen LogP contribution in [0.4, 0.5) is 0 Å². The topological polar surface area (TPSA) is 23.5 Å². The monoisotopic (exact) mass is 227 g/mol. The van der Waals surface area contributed by atoms with E-state index >= 15 is 0 Å². The molecule has 0 radical (unpaired) electrons. The molecular formula is C14H29NO. The van der Waals surface area contributed by atoms with Gasteiger partial charge in [-0.3, -0.25) is 0 Å². The summed E-state index contributed by atoms with van der Waals surface area (Å²) in [4.78, 5) is 2.42. The minimum Gasteiger partial charge on any atom is -0.393 e. The highest BCUT2D eigenvalue weighted by atomic mass is 16.3. The van der Waals surface area contributed by atoms with E-state index in [0.717, 1.165) is 13.0 Å². The molecule has 0 aromatic heterocycles. The second kappa shape index (κ2) is 6.61. The molecule has 1 aliphatic carbocycles. The SMILES string of the molecule is CC(C)C(C)N(C)CC1CCCCCC1O. The molecule has 0 heterocycles. The summed E-state index contributed by atoms with van der Waals surface area (Å²) in [5.41, 5.74) is 0. The van der Waals surface area contributed by atoms with Gasteiger partial charge in [-0.15, -0.1) is 0 Å². The fourth-order valence-electron chi connectivity index (χ4n) is 2.62. The summed E-state index contributed by atoms with van der Waals surface area (Å²) in [5, 5.41) is 10.1. The van der Waals surface area contributed by atoms with E-state index in [0.29, 0.717) is 17.9 Å². The number of rotatable bonds is 4. The lowest BCUT2D eigenvalue weighted by molar-refractivity contribution is 0.0652. The molecule has 1 fully saturated rings. The average Bonchev–Trinajstić information content (AvgIpc) is 2.43. The van der Waals surface area contributed by atoms with Gasteiger partial charge in [-0.2, -0.15) is 0 Å². The van der Waals surface area contributed by atoms with E-state index in [4.69, 9.17) is 0 Å². The normalized spacial score (nSPS) is 29.4. The van der Waals surface area contributed by atoms with Gasteiger partial charge in [0, 0.05) is 12.6 Å². The van der Waals surface area contributed by atoms with Gasteiger partial charge in [0.1, 0.15) is 0 Å². The summed E-state index contributed by atoms with van der Waals surface area (Å²) < 4.78 is 0. The Morgan fingerprint density at radius 1 is 1.12 bits per heavy atom. The van der Waals surface area contributed by atoms with Crippen LogP contribution in [0.2, 0.25) is 0 Å². The van der Waals surface area contributed by atoms with Gasteiger partial charge in [0.25, 0.3) is 0 Å². The molecule has 16 heavy (non-hydrogen) atoms. The Morgan fingerprint density at radius 2 is 1.75 bits per heavy atom. The maximum atomic E-state index is 10.1. The Labute approximate surface area is 101 Å². The van der Waals surface area contributed by atoms with E-state index in [-0.39, 0.29) is 6.10 Å². The first-order valence-corrected chi connectivity index (χ1v) is 6.90. The van der Waals surface area contributed by atoms with Crippen molar-refractivity contribution in [2.75, 3.05) is 13.6 Å². The van der Waals surface area contributed by atoms with Gasteiger partial charge >= 0.3 is 0 Å². The van der Waals surface area contributed by atoms with E-state index in [2.05, 4.69) is 32.7 Å². The number of aliphatic hydroxyl groups is 1. The molecule has 96 valence electrons. The van der Waals surface area contributed by atoms with Crippen molar-refractivity contribution in [3.63, 3.8) is 0 Å². The Kier molecular flexibility index (Phi) is 5.77. The Balaban J connectivity index is 2.44. The predicted molar refractivity (Wildman–Crippen MR) is 69.5 cm³/mol. The van der Waals surface area contributed by atoms with Gasteiger partial charge < -0.3 is 10.0 Å². The van der Waals surface area contributed by atoms with Crippen LogP contribution in [-0.4, -0.2) is 35.7 Å². The molecule has 0 aromatic carbocycles. The maximum absolute atomic E-state index is 10.1. The molecular weight excluding hydrogens is 198 g/mol. The summed E-state index contributed by atoms with van der Waals surface area (Å²) in [6, 6.07) is 0.607. The molecule has 0 spiro atoms. The van der Waals surface area contributed by atoms with Gasteiger partial charge in [-0.1, -0.05) is 33.1 Å². The van der Waals surface area contributed by atoms with Crippen molar-refractivity contribution >= 4 is 0 Å². The molecule has 2 nitrogen and oxygen atoms in total. The first kappa shape index (κ1) is 14.0. The molecule has 1 rings (SSSR count). The highest BCUT2D eigenvalue weighted by Crippen LogP contribution is 2.25. The quantitative estimate of drug-likeness (QED) is 0.747. The highest BCUT2D eigenvalue weighted by Gasteiger charge is 2.24. The third-order valence-corrected chi connectivity index (χ3v) is 4.30. The van der Waals surface area contributed by atoms with E-state index in [9.17, 15) is 5.11 Å². The lowest BCUT2D eigenvalue weighted by Gasteiger charge is -2.32. The van der Waals surface area contributed by atoms with Gasteiger partial charge in [-0.05, 0) is 38.6 Å². The second-order valence-electron chi connectivity index (χ2n) is 5.89. The van der Waals surface area contributed by atoms with Crippen LogP contribution in [0.15, 0.2) is 0 Å². The van der Waals surface area contributed by atoms with Crippen molar-refractivity contribution in [1.29, 1.82) is 0 Å². The van der Waals surface area contributed by atoms with Crippen molar-refractivity contribution in [3.05, 3.63) is 0 Å². The highest BCUT2D eigenvalue weighted by molar-refractivity contribution is 4.78. The minimum absolute atomic E-state index is 0.0655. The van der Waals surface area contributed by atoms with Crippen molar-refractivity contribution < 1.29 is 5.11 Å². The number of aliphatic hydroxyl groups excluding tert-OH is 1. The fraction of sp³-hybridized carbons (Fsp3) is 1.00. The third kappa shape index (κ3) is 4.06. The van der Waals surface area contributed by atoms with Crippen molar-refractivity contribution in [2.24, 2.45) is 11.8 Å². The van der Waals surface area contributed by atoms with Crippen LogP contribution in [0, 0.1) is 11.8 Å². The van der Waals surface area contributed by atoms with Gasteiger partial charge in [0.15, 0.2) is 0 Å². The van der Waals surface area contributed by atoms with Crippen LogP contribution in [0.5, 0.6) is 0 Å². The Bertz CT molecular complexity index is 193. The van der Waals surface area contributed by atoms with Gasteiger partial charge in [-0.25, -0.2) is 0 Å². The van der Waals surface area contributed by atoms with Gasteiger partial charge in [0.05, 0.1) is 6.10 Å². The average molecular weight is 227 g/mol. The summed E-state index contributed by atoms with van der Waals surface area (Å²) in [6.45, 7) is 7.88. The number of hydrogen-bond acceptors (Lipinski definition) is 2. The summed E-state index contributed by atoms with van der Waals surface area (Å²) >= 11 is 0. The van der Waals surface area contributed by atoms with Gasteiger partial charge in [0.2, 0.25) is 0 Å². The molecule has 1 N–H and O–H groups in total. The summed E-state index contributed by atoms with van der Waals surface area (Å²) in [6.07, 6.45) is 5.96. The van der Waals surface area contributed by atoms with E-state index in [1.807, 2.05) is 0 Å². The molecule has 0 aliphatic heterocycles. The number of nitrogens with zero attached hydrogens (tertiary/aromatic N) is 1. The zero-order valence-corrected chi connectivity index (χ0v) is 11.4.